The molecule has 20 heavy (non-hydrogen) atoms. The number of nitrogens with zero attached hydrogens (tertiary/aromatic N) is 1. The Hall–Kier alpha value is -2.30. The van der Waals surface area contributed by atoms with E-state index in [0.717, 1.165) is 5.76 Å². The number of hydrogen-bond donors (Lipinski definition) is 0. The zero-order chi connectivity index (χ0) is 14.7. The molecule has 0 radical (unpaired) electrons. The molecule has 0 aliphatic heterocycles. The number of amides is 1. The van der Waals surface area contributed by atoms with E-state index in [4.69, 9.17) is 9.15 Å². The molecule has 1 amide bonds. The van der Waals surface area contributed by atoms with E-state index in [1.807, 2.05) is 13.0 Å². The van der Waals surface area contributed by atoms with Crippen LogP contribution >= 0.6 is 0 Å². The van der Waals surface area contributed by atoms with Crippen molar-refractivity contribution in [2.75, 3.05) is 14.2 Å². The fourth-order valence-electron chi connectivity index (χ4n) is 1.88. The number of furan rings is 1. The fraction of sp³-hybridized carbons (Fsp3) is 0.267. The lowest BCUT2D eigenvalue weighted by molar-refractivity contribution is 0.0770. The molecule has 0 saturated heterocycles. The lowest BCUT2D eigenvalue weighted by atomic mass is 10.1. The van der Waals surface area contributed by atoms with E-state index in [9.17, 15) is 9.18 Å². The molecule has 0 N–H and O–H groups in total. The Morgan fingerprint density at radius 2 is 2.10 bits per heavy atom. The Bertz CT molecular complexity index is 621. The maximum Gasteiger partial charge on any atom is 0.256 e. The lowest BCUT2D eigenvalue weighted by Crippen LogP contribution is -2.26. The maximum absolute atomic E-state index is 13.8. The molecule has 1 aromatic carbocycles. The molecule has 106 valence electrons. The smallest absolute Gasteiger partial charge is 0.256 e. The van der Waals surface area contributed by atoms with Crippen molar-refractivity contribution in [3.8, 4) is 5.75 Å². The molecule has 0 atom stereocenters. The third-order valence-electron chi connectivity index (χ3n) is 2.94. The molecule has 4 nitrogen and oxygen atoms in total. The van der Waals surface area contributed by atoms with E-state index in [1.54, 1.807) is 19.2 Å². The molecule has 0 fully saturated rings. The zero-order valence-electron chi connectivity index (χ0n) is 11.6. The average Bonchev–Trinajstić information content (AvgIpc) is 2.83. The molecule has 1 aromatic heterocycles. The van der Waals surface area contributed by atoms with E-state index < -0.39 is 11.7 Å². The summed E-state index contributed by atoms with van der Waals surface area (Å²) in [4.78, 5) is 13.6. The number of methoxy groups -OCH3 is 1. The number of aryl methyl sites for hydroxylation is 1. The number of hydrogen-bond acceptors (Lipinski definition) is 3. The van der Waals surface area contributed by atoms with Crippen LogP contribution in [0.25, 0.3) is 0 Å². The highest BCUT2D eigenvalue weighted by Crippen LogP contribution is 2.18. The first-order chi connectivity index (χ1) is 9.51. The van der Waals surface area contributed by atoms with E-state index in [2.05, 4.69) is 0 Å². The van der Waals surface area contributed by atoms with Gasteiger partial charge in [0.05, 0.1) is 19.2 Å². The van der Waals surface area contributed by atoms with Gasteiger partial charge in [-0.15, -0.1) is 0 Å². The van der Waals surface area contributed by atoms with E-state index in [0.29, 0.717) is 11.5 Å². The van der Waals surface area contributed by atoms with Crippen molar-refractivity contribution in [2.24, 2.45) is 0 Å². The first-order valence-electron chi connectivity index (χ1n) is 6.15. The van der Waals surface area contributed by atoms with Gasteiger partial charge >= 0.3 is 0 Å². The normalized spacial score (nSPS) is 10.4. The van der Waals surface area contributed by atoms with E-state index in [-0.39, 0.29) is 12.1 Å². The number of rotatable bonds is 4. The van der Waals surface area contributed by atoms with Crippen LogP contribution in [-0.2, 0) is 6.54 Å². The molecule has 0 bridgehead atoms. The van der Waals surface area contributed by atoms with Crippen molar-refractivity contribution in [1.82, 2.24) is 4.90 Å². The predicted octanol–water partition coefficient (Wildman–Crippen LogP) is 3.01. The summed E-state index contributed by atoms with van der Waals surface area (Å²) in [6.45, 7) is 2.12. The van der Waals surface area contributed by atoms with Crippen molar-refractivity contribution >= 4 is 5.91 Å². The minimum atomic E-state index is -0.600. The summed E-state index contributed by atoms with van der Waals surface area (Å²) < 4.78 is 24.1. The van der Waals surface area contributed by atoms with Gasteiger partial charge in [0, 0.05) is 13.1 Å². The van der Waals surface area contributed by atoms with Crippen molar-refractivity contribution in [2.45, 2.75) is 13.5 Å². The Morgan fingerprint density at radius 1 is 1.35 bits per heavy atom. The van der Waals surface area contributed by atoms with Crippen LogP contribution in [-0.4, -0.2) is 25.0 Å². The standard InChI is InChI=1S/C15H16FNO3/c1-10-4-5-12(20-10)9-17(2)15(18)13-7-6-11(19-3)8-14(13)16/h4-8H,9H2,1-3H3. The zero-order valence-corrected chi connectivity index (χ0v) is 11.6. The Labute approximate surface area is 116 Å². The Balaban J connectivity index is 2.14. The molecule has 1 heterocycles. The van der Waals surface area contributed by atoms with Crippen LogP contribution in [0.3, 0.4) is 0 Å². The number of benzene rings is 1. The second kappa shape index (κ2) is 5.77. The van der Waals surface area contributed by atoms with Gasteiger partial charge in [0.15, 0.2) is 0 Å². The van der Waals surface area contributed by atoms with Crippen molar-refractivity contribution < 1.29 is 18.3 Å². The molecule has 0 saturated carbocycles. The summed E-state index contributed by atoms with van der Waals surface area (Å²) in [7, 11) is 3.05. The molecule has 5 heteroatoms. The van der Waals surface area contributed by atoms with Gasteiger partial charge in [-0.25, -0.2) is 4.39 Å². The van der Waals surface area contributed by atoms with Crippen LogP contribution < -0.4 is 4.74 Å². The number of carbonyl (C=O) groups is 1. The highest BCUT2D eigenvalue weighted by molar-refractivity contribution is 5.94. The second-order valence-electron chi connectivity index (χ2n) is 4.52. The second-order valence-corrected chi connectivity index (χ2v) is 4.52. The summed E-state index contributed by atoms with van der Waals surface area (Å²) in [5.74, 6) is 0.808. The molecule has 2 rings (SSSR count). The summed E-state index contributed by atoms with van der Waals surface area (Å²) >= 11 is 0. The van der Waals surface area contributed by atoms with Crippen molar-refractivity contribution in [3.05, 3.63) is 53.2 Å². The van der Waals surface area contributed by atoms with Crippen LogP contribution in [0.5, 0.6) is 5.75 Å². The molecule has 0 aliphatic rings. The van der Waals surface area contributed by atoms with Gasteiger partial charge in [0.25, 0.3) is 5.91 Å². The van der Waals surface area contributed by atoms with Crippen LogP contribution in [0.15, 0.2) is 34.7 Å². The minimum absolute atomic E-state index is 0.0107. The first-order valence-corrected chi connectivity index (χ1v) is 6.15. The predicted molar refractivity (Wildman–Crippen MR) is 72.2 cm³/mol. The van der Waals surface area contributed by atoms with Gasteiger partial charge in [0.1, 0.15) is 23.1 Å². The molecular formula is C15H16FNO3. The summed E-state index contributed by atoms with van der Waals surface area (Å²) in [6.07, 6.45) is 0. The highest BCUT2D eigenvalue weighted by atomic mass is 19.1. The maximum atomic E-state index is 13.8. The molecule has 0 unspecified atom stereocenters. The Morgan fingerprint density at radius 3 is 2.65 bits per heavy atom. The van der Waals surface area contributed by atoms with Crippen LogP contribution in [0.4, 0.5) is 4.39 Å². The fourth-order valence-corrected chi connectivity index (χ4v) is 1.88. The monoisotopic (exact) mass is 277 g/mol. The highest BCUT2D eigenvalue weighted by Gasteiger charge is 2.17. The number of carbonyl (C=O) groups excluding carboxylic acids is 1. The SMILES string of the molecule is COc1ccc(C(=O)N(C)Cc2ccc(C)o2)c(F)c1. The van der Waals surface area contributed by atoms with Crippen molar-refractivity contribution in [3.63, 3.8) is 0 Å². The summed E-state index contributed by atoms with van der Waals surface area (Å²) in [5.41, 5.74) is 0.0107. The Kier molecular flexibility index (Phi) is 4.08. The third kappa shape index (κ3) is 2.99. The van der Waals surface area contributed by atoms with Crippen LogP contribution in [0, 0.1) is 12.7 Å². The summed E-state index contributed by atoms with van der Waals surface area (Å²) in [6, 6.07) is 7.78. The molecule has 2 aromatic rings. The first kappa shape index (κ1) is 14.1. The number of ether oxygens (including phenoxy) is 1. The summed E-state index contributed by atoms with van der Waals surface area (Å²) in [5, 5.41) is 0. The molecule has 0 spiro atoms. The lowest BCUT2D eigenvalue weighted by Gasteiger charge is -2.16. The van der Waals surface area contributed by atoms with Crippen LogP contribution in [0.1, 0.15) is 21.9 Å². The van der Waals surface area contributed by atoms with E-state index >= 15 is 0 Å². The quantitative estimate of drug-likeness (QED) is 0.862. The molecular weight excluding hydrogens is 261 g/mol. The van der Waals surface area contributed by atoms with Crippen LogP contribution in [0.2, 0.25) is 0 Å². The minimum Gasteiger partial charge on any atom is -0.497 e. The van der Waals surface area contributed by atoms with Gasteiger partial charge < -0.3 is 14.1 Å². The van der Waals surface area contributed by atoms with Gasteiger partial charge in [-0.05, 0) is 31.2 Å². The van der Waals surface area contributed by atoms with Gasteiger partial charge in [0.2, 0.25) is 0 Å². The van der Waals surface area contributed by atoms with Crippen molar-refractivity contribution in [1.29, 1.82) is 0 Å². The average molecular weight is 277 g/mol. The van der Waals surface area contributed by atoms with Gasteiger partial charge in [-0.3, -0.25) is 4.79 Å². The number of halogens is 1. The topological polar surface area (TPSA) is 42.7 Å². The van der Waals surface area contributed by atoms with E-state index in [1.165, 1.54) is 24.1 Å². The largest absolute Gasteiger partial charge is 0.497 e. The van der Waals surface area contributed by atoms with Gasteiger partial charge in [-0.2, -0.15) is 0 Å². The molecule has 0 aliphatic carbocycles. The third-order valence-corrected chi connectivity index (χ3v) is 2.94. The van der Waals surface area contributed by atoms with Gasteiger partial charge in [-0.1, -0.05) is 0 Å².